The molecule has 0 unspecified atom stereocenters. The van der Waals surface area contributed by atoms with Crippen molar-refractivity contribution in [1.82, 2.24) is 4.40 Å². The van der Waals surface area contributed by atoms with Crippen LogP contribution in [0.5, 0.6) is 0 Å². The van der Waals surface area contributed by atoms with Gasteiger partial charge >= 0.3 is 0 Å². The molecule has 3 heterocycles. The van der Waals surface area contributed by atoms with Gasteiger partial charge in [0.25, 0.3) is 0 Å². The van der Waals surface area contributed by atoms with E-state index < -0.39 is 0 Å². The maximum atomic E-state index is 2.40. The van der Waals surface area contributed by atoms with E-state index >= 15 is 0 Å². The first-order valence-electron chi connectivity index (χ1n) is 5.98. The van der Waals surface area contributed by atoms with Crippen LogP contribution in [0.25, 0.3) is 27.3 Å². The van der Waals surface area contributed by atoms with E-state index in [-0.39, 0.29) is 0 Å². The molecule has 1 nitrogen and oxygen atoms in total. The van der Waals surface area contributed by atoms with E-state index in [2.05, 4.69) is 60.7 Å². The fourth-order valence-corrected chi connectivity index (χ4v) is 2.98. The molecule has 0 aliphatic carbocycles. The number of hydrogen-bond acceptors (Lipinski definition) is 0. The highest BCUT2D eigenvalue weighted by Gasteiger charge is 2.10. The third kappa shape index (κ3) is 0.992. The smallest absolute Gasteiger partial charge is 0.0606 e. The Morgan fingerprint density at radius 2 is 1.29 bits per heavy atom. The van der Waals surface area contributed by atoms with Crippen molar-refractivity contribution < 1.29 is 0 Å². The molecular weight excluding hydrogens is 206 g/mol. The van der Waals surface area contributed by atoms with Crippen LogP contribution in [0.3, 0.4) is 0 Å². The van der Waals surface area contributed by atoms with Gasteiger partial charge in [-0.2, -0.15) is 0 Å². The van der Waals surface area contributed by atoms with Crippen molar-refractivity contribution in [2.24, 2.45) is 0 Å². The summed E-state index contributed by atoms with van der Waals surface area (Å²) < 4.78 is 2.40. The molecule has 0 aliphatic heterocycles. The van der Waals surface area contributed by atoms with Crippen LogP contribution < -0.4 is 0 Å². The van der Waals surface area contributed by atoms with Crippen LogP contribution in [-0.2, 0) is 0 Å². The van der Waals surface area contributed by atoms with Gasteiger partial charge in [0.15, 0.2) is 0 Å². The van der Waals surface area contributed by atoms with E-state index in [1.54, 1.807) is 0 Å². The fraction of sp³-hybridized carbons (Fsp3) is 0.125. The largest absolute Gasteiger partial charge is 0.309 e. The van der Waals surface area contributed by atoms with Gasteiger partial charge in [0.2, 0.25) is 0 Å². The number of nitrogens with zero attached hydrogens (tertiary/aromatic N) is 1. The van der Waals surface area contributed by atoms with Gasteiger partial charge in [-0.15, -0.1) is 0 Å². The Labute approximate surface area is 99.6 Å². The molecule has 0 saturated heterocycles. The molecule has 82 valence electrons. The predicted octanol–water partition coefficient (Wildman–Crippen LogP) is 4.30. The molecule has 1 aromatic carbocycles. The number of aromatic nitrogens is 1. The average molecular weight is 219 g/mol. The minimum atomic E-state index is 1.33. The quantitative estimate of drug-likeness (QED) is 0.415. The Bertz CT molecular complexity index is 786. The van der Waals surface area contributed by atoms with Crippen LogP contribution in [0.1, 0.15) is 11.1 Å². The zero-order valence-electron chi connectivity index (χ0n) is 9.99. The lowest BCUT2D eigenvalue weighted by molar-refractivity contribution is 1.28. The van der Waals surface area contributed by atoms with Crippen molar-refractivity contribution >= 4 is 27.3 Å². The van der Waals surface area contributed by atoms with Gasteiger partial charge in [0.05, 0.1) is 5.52 Å². The number of hydrogen-bond donors (Lipinski definition) is 0. The van der Waals surface area contributed by atoms with Crippen molar-refractivity contribution in [3.05, 3.63) is 53.6 Å². The summed E-state index contributed by atoms with van der Waals surface area (Å²) in [6.45, 7) is 4.37. The topological polar surface area (TPSA) is 4.41 Å². The number of pyridine rings is 2. The first-order chi connectivity index (χ1) is 8.25. The Kier molecular flexibility index (Phi) is 1.49. The van der Waals surface area contributed by atoms with Crippen LogP contribution in [0.2, 0.25) is 0 Å². The van der Waals surface area contributed by atoms with Crippen molar-refractivity contribution in [1.29, 1.82) is 0 Å². The SMILES string of the molecule is Cc1cc2cccc3cc(C)c4ccc1n4c23. The normalized spacial score (nSPS) is 12.1. The lowest BCUT2D eigenvalue weighted by Gasteiger charge is -2.12. The summed E-state index contributed by atoms with van der Waals surface area (Å²) in [4.78, 5) is 0. The van der Waals surface area contributed by atoms with Crippen LogP contribution >= 0.6 is 0 Å². The lowest BCUT2D eigenvalue weighted by atomic mass is 10.1. The van der Waals surface area contributed by atoms with Gasteiger partial charge in [-0.05, 0) is 60.0 Å². The molecule has 0 spiro atoms. The van der Waals surface area contributed by atoms with E-state index in [9.17, 15) is 0 Å². The van der Waals surface area contributed by atoms with E-state index in [1.165, 1.54) is 38.4 Å². The van der Waals surface area contributed by atoms with Crippen LogP contribution in [0.4, 0.5) is 0 Å². The Balaban J connectivity index is 2.51. The first kappa shape index (κ1) is 9.06. The standard InChI is InChI=1S/C16H13N/c1-10-8-12-4-3-5-13-9-11(2)15-7-6-14(10)17(15)16(12)13/h3-9H,1-2H3. The maximum absolute atomic E-state index is 2.40. The summed E-state index contributed by atoms with van der Waals surface area (Å²) in [6.07, 6.45) is 0. The minimum Gasteiger partial charge on any atom is -0.309 e. The minimum absolute atomic E-state index is 1.33. The van der Waals surface area contributed by atoms with Crippen molar-refractivity contribution in [2.75, 3.05) is 0 Å². The molecule has 1 heteroatoms. The summed E-state index contributed by atoms with van der Waals surface area (Å²) in [5.41, 5.74) is 6.68. The predicted molar refractivity (Wildman–Crippen MR) is 73.1 cm³/mol. The van der Waals surface area contributed by atoms with Crippen LogP contribution in [-0.4, -0.2) is 4.40 Å². The Hall–Kier alpha value is -2.02. The first-order valence-corrected chi connectivity index (χ1v) is 5.98. The van der Waals surface area contributed by atoms with E-state index in [0.717, 1.165) is 0 Å². The molecule has 17 heavy (non-hydrogen) atoms. The molecule has 0 fully saturated rings. The van der Waals surface area contributed by atoms with Crippen molar-refractivity contribution in [2.45, 2.75) is 13.8 Å². The zero-order valence-corrected chi connectivity index (χ0v) is 9.99. The monoisotopic (exact) mass is 219 g/mol. The maximum Gasteiger partial charge on any atom is 0.0606 e. The van der Waals surface area contributed by atoms with Gasteiger partial charge in [-0.1, -0.05) is 18.2 Å². The van der Waals surface area contributed by atoms with Crippen LogP contribution in [0.15, 0.2) is 42.5 Å². The molecule has 4 aromatic rings. The molecule has 4 rings (SSSR count). The molecule has 0 aliphatic rings. The average Bonchev–Trinajstić information content (AvgIpc) is 2.74. The highest BCUT2D eigenvalue weighted by molar-refractivity contribution is 6.01. The Morgan fingerprint density at radius 1 is 0.765 bits per heavy atom. The molecule has 3 aromatic heterocycles. The molecule has 0 amide bonds. The highest BCUT2D eigenvalue weighted by atomic mass is 14.9. The molecule has 0 atom stereocenters. The van der Waals surface area contributed by atoms with Gasteiger partial charge in [0.1, 0.15) is 0 Å². The summed E-state index contributed by atoms with van der Waals surface area (Å²) >= 11 is 0. The van der Waals surface area contributed by atoms with E-state index in [4.69, 9.17) is 0 Å². The fourth-order valence-electron chi connectivity index (χ4n) is 2.98. The van der Waals surface area contributed by atoms with Gasteiger partial charge in [0, 0.05) is 11.0 Å². The summed E-state index contributed by atoms with van der Waals surface area (Å²) in [6, 6.07) is 15.6. The third-order valence-corrected chi connectivity index (χ3v) is 3.75. The second-order valence-electron chi connectivity index (χ2n) is 4.88. The van der Waals surface area contributed by atoms with Gasteiger partial charge in [-0.25, -0.2) is 0 Å². The number of para-hydroxylation sites is 1. The molecule has 0 N–H and O–H groups in total. The Morgan fingerprint density at radius 3 is 1.82 bits per heavy atom. The summed E-state index contributed by atoms with van der Waals surface area (Å²) in [5, 5.41) is 2.66. The van der Waals surface area contributed by atoms with Crippen molar-refractivity contribution in [3.8, 4) is 0 Å². The highest BCUT2D eigenvalue weighted by Crippen LogP contribution is 2.31. The van der Waals surface area contributed by atoms with Crippen LogP contribution in [0, 0.1) is 13.8 Å². The van der Waals surface area contributed by atoms with E-state index in [0.29, 0.717) is 0 Å². The summed E-state index contributed by atoms with van der Waals surface area (Å²) in [5.74, 6) is 0. The van der Waals surface area contributed by atoms with Gasteiger partial charge in [-0.3, -0.25) is 0 Å². The third-order valence-electron chi connectivity index (χ3n) is 3.75. The second kappa shape index (κ2) is 2.80. The van der Waals surface area contributed by atoms with Crippen molar-refractivity contribution in [3.63, 3.8) is 0 Å². The zero-order chi connectivity index (χ0) is 11.6. The molecule has 0 saturated carbocycles. The number of benzene rings is 1. The number of aryl methyl sites for hydroxylation is 2. The molecule has 0 radical (unpaired) electrons. The molecular formula is C16H13N. The lowest BCUT2D eigenvalue weighted by Crippen LogP contribution is -1.95. The summed E-state index contributed by atoms with van der Waals surface area (Å²) in [7, 11) is 0. The second-order valence-corrected chi connectivity index (χ2v) is 4.88. The van der Waals surface area contributed by atoms with Gasteiger partial charge < -0.3 is 4.40 Å². The van der Waals surface area contributed by atoms with E-state index in [1.807, 2.05) is 0 Å². The molecule has 0 bridgehead atoms. The number of rotatable bonds is 0.